The van der Waals surface area contributed by atoms with Gasteiger partial charge >= 0.3 is 0 Å². The van der Waals surface area contributed by atoms with Gasteiger partial charge in [0.1, 0.15) is 0 Å². The Labute approximate surface area is 185 Å². The molecular weight excluding hydrogens is 386 g/mol. The lowest BCUT2D eigenvalue weighted by Crippen LogP contribution is -2.50. The molecular formula is C25H33N5O. The van der Waals surface area contributed by atoms with E-state index in [9.17, 15) is 4.79 Å². The fraction of sp³-hybridized carbons (Fsp3) is 0.520. The Kier molecular flexibility index (Phi) is 5.78. The molecule has 1 aromatic heterocycles. The predicted molar refractivity (Wildman–Crippen MR) is 123 cm³/mol. The number of nitrogens with zero attached hydrogens (tertiary/aromatic N) is 4. The highest BCUT2D eigenvalue weighted by atomic mass is 16.2. The summed E-state index contributed by atoms with van der Waals surface area (Å²) in [5, 5.41) is 3.74. The summed E-state index contributed by atoms with van der Waals surface area (Å²) in [5.41, 5.74) is 6.46. The molecule has 0 unspecified atom stereocenters. The van der Waals surface area contributed by atoms with Gasteiger partial charge in [-0.1, -0.05) is 18.2 Å². The SMILES string of the molecule is CN1CCN(c2cccc3c2C[C@H](CN(C)[C@H]2CCCc4cccnc42)NC3)C(=O)C1. The highest BCUT2D eigenvalue weighted by Gasteiger charge is 2.30. The van der Waals surface area contributed by atoms with Crippen molar-refractivity contribution in [3.8, 4) is 0 Å². The molecule has 1 saturated heterocycles. The maximum Gasteiger partial charge on any atom is 0.241 e. The van der Waals surface area contributed by atoms with Crippen LogP contribution in [0.15, 0.2) is 36.5 Å². The molecule has 3 heterocycles. The van der Waals surface area contributed by atoms with E-state index in [1.807, 2.05) is 18.1 Å². The van der Waals surface area contributed by atoms with Crippen molar-refractivity contribution in [3.05, 3.63) is 58.9 Å². The number of piperazine rings is 1. The van der Waals surface area contributed by atoms with Gasteiger partial charge in [0.25, 0.3) is 0 Å². The van der Waals surface area contributed by atoms with Gasteiger partial charge in [-0.3, -0.25) is 19.6 Å². The minimum atomic E-state index is 0.208. The molecule has 5 rings (SSSR count). The minimum Gasteiger partial charge on any atom is -0.310 e. The van der Waals surface area contributed by atoms with Crippen LogP contribution in [0.25, 0.3) is 0 Å². The average molecular weight is 420 g/mol. The summed E-state index contributed by atoms with van der Waals surface area (Å²) in [7, 11) is 4.26. The van der Waals surface area contributed by atoms with E-state index >= 15 is 0 Å². The van der Waals surface area contributed by atoms with Gasteiger partial charge in [-0.2, -0.15) is 0 Å². The lowest BCUT2D eigenvalue weighted by molar-refractivity contribution is -0.120. The molecule has 164 valence electrons. The smallest absolute Gasteiger partial charge is 0.241 e. The van der Waals surface area contributed by atoms with Gasteiger partial charge in [0.05, 0.1) is 18.3 Å². The largest absolute Gasteiger partial charge is 0.310 e. The quantitative estimate of drug-likeness (QED) is 0.825. The van der Waals surface area contributed by atoms with Crippen molar-refractivity contribution in [1.82, 2.24) is 20.1 Å². The van der Waals surface area contributed by atoms with Gasteiger partial charge in [0.2, 0.25) is 5.91 Å². The standard InChI is InChI=1S/C25H33N5O/c1-28-12-13-30(24(31)17-28)22-9-4-7-19-15-27-20(14-21(19)22)16-29(2)23-10-3-6-18-8-5-11-26-25(18)23/h4-5,7-9,11,20,23,27H,3,6,10,12-17H2,1-2H3/t20-,23+/m1/s1. The number of amides is 1. The van der Waals surface area contributed by atoms with Gasteiger partial charge in [-0.15, -0.1) is 0 Å². The third-order valence-corrected chi connectivity index (χ3v) is 7.19. The molecule has 1 aliphatic carbocycles. The van der Waals surface area contributed by atoms with Crippen molar-refractivity contribution in [2.75, 3.05) is 45.2 Å². The normalized spacial score (nSPS) is 24.2. The van der Waals surface area contributed by atoms with Gasteiger partial charge in [0, 0.05) is 44.1 Å². The summed E-state index contributed by atoms with van der Waals surface area (Å²) in [6, 6.07) is 11.5. The molecule has 2 aromatic rings. The number of benzene rings is 1. The third-order valence-electron chi connectivity index (χ3n) is 7.19. The van der Waals surface area contributed by atoms with Gasteiger partial charge in [-0.25, -0.2) is 0 Å². The molecule has 0 radical (unpaired) electrons. The summed E-state index contributed by atoms with van der Waals surface area (Å²) in [6.45, 7) is 4.04. The van der Waals surface area contributed by atoms with Crippen LogP contribution < -0.4 is 10.2 Å². The van der Waals surface area contributed by atoms with Crippen LogP contribution in [0.4, 0.5) is 5.69 Å². The first-order chi connectivity index (χ1) is 15.1. The second-order valence-electron chi connectivity index (χ2n) is 9.38. The molecule has 6 nitrogen and oxygen atoms in total. The molecule has 0 spiro atoms. The summed E-state index contributed by atoms with van der Waals surface area (Å²) in [4.78, 5) is 24.0. The molecule has 6 heteroatoms. The number of aryl methyl sites for hydroxylation is 1. The van der Waals surface area contributed by atoms with E-state index in [1.165, 1.54) is 35.2 Å². The number of nitrogens with one attached hydrogen (secondary N) is 1. The summed E-state index contributed by atoms with van der Waals surface area (Å²) in [6.07, 6.45) is 6.43. The Morgan fingerprint density at radius 2 is 2.06 bits per heavy atom. The lowest BCUT2D eigenvalue weighted by atomic mass is 9.89. The molecule has 2 aliphatic heterocycles. The molecule has 2 atom stereocenters. The number of carbonyl (C=O) groups is 1. The van der Waals surface area contributed by atoms with Crippen molar-refractivity contribution in [2.24, 2.45) is 0 Å². The zero-order chi connectivity index (χ0) is 21.4. The highest BCUT2D eigenvalue weighted by Crippen LogP contribution is 2.33. The van der Waals surface area contributed by atoms with Crippen LogP contribution in [0, 0.1) is 0 Å². The van der Waals surface area contributed by atoms with Crippen LogP contribution in [0.2, 0.25) is 0 Å². The maximum atomic E-state index is 12.7. The van der Waals surface area contributed by atoms with Gasteiger partial charge < -0.3 is 10.2 Å². The second kappa shape index (κ2) is 8.69. The minimum absolute atomic E-state index is 0.208. The van der Waals surface area contributed by atoms with Gasteiger partial charge in [0.15, 0.2) is 0 Å². The first-order valence-electron chi connectivity index (χ1n) is 11.6. The van der Waals surface area contributed by atoms with Crippen molar-refractivity contribution in [2.45, 2.75) is 44.3 Å². The van der Waals surface area contributed by atoms with E-state index in [1.54, 1.807) is 0 Å². The summed E-state index contributed by atoms with van der Waals surface area (Å²) in [5.74, 6) is 0.208. The van der Waals surface area contributed by atoms with Crippen LogP contribution in [0.3, 0.4) is 0 Å². The number of likely N-dealkylation sites (N-methyl/N-ethyl adjacent to an activating group) is 2. The fourth-order valence-electron chi connectivity index (χ4n) is 5.51. The topological polar surface area (TPSA) is 51.7 Å². The summed E-state index contributed by atoms with van der Waals surface area (Å²) < 4.78 is 0. The van der Waals surface area contributed by atoms with Crippen LogP contribution in [0.5, 0.6) is 0 Å². The van der Waals surface area contributed by atoms with Crippen LogP contribution in [-0.2, 0) is 24.2 Å². The van der Waals surface area contributed by atoms with Crippen molar-refractivity contribution in [1.29, 1.82) is 0 Å². The molecule has 1 aromatic carbocycles. The van der Waals surface area contributed by atoms with E-state index in [4.69, 9.17) is 4.98 Å². The highest BCUT2D eigenvalue weighted by molar-refractivity contribution is 5.96. The predicted octanol–water partition coefficient (Wildman–Crippen LogP) is 2.38. The number of carbonyl (C=O) groups excluding carboxylic acids is 1. The van der Waals surface area contributed by atoms with E-state index in [2.05, 4.69) is 52.5 Å². The van der Waals surface area contributed by atoms with Crippen LogP contribution in [0.1, 0.15) is 41.3 Å². The van der Waals surface area contributed by atoms with E-state index < -0.39 is 0 Å². The Balaban J connectivity index is 1.33. The zero-order valence-electron chi connectivity index (χ0n) is 18.7. The van der Waals surface area contributed by atoms with Crippen molar-refractivity contribution >= 4 is 11.6 Å². The summed E-state index contributed by atoms with van der Waals surface area (Å²) >= 11 is 0. The Hall–Kier alpha value is -2.28. The third kappa shape index (κ3) is 4.12. The Morgan fingerprint density at radius 3 is 2.94 bits per heavy atom. The molecule has 1 amide bonds. The number of hydrogen-bond donors (Lipinski definition) is 1. The molecule has 3 aliphatic rings. The Morgan fingerprint density at radius 1 is 1.19 bits per heavy atom. The number of hydrogen-bond acceptors (Lipinski definition) is 5. The first kappa shape index (κ1) is 20.6. The van der Waals surface area contributed by atoms with E-state index in [0.717, 1.165) is 44.7 Å². The second-order valence-corrected chi connectivity index (χ2v) is 9.38. The van der Waals surface area contributed by atoms with Crippen molar-refractivity contribution in [3.63, 3.8) is 0 Å². The number of anilines is 1. The molecule has 1 fully saturated rings. The van der Waals surface area contributed by atoms with Crippen LogP contribution in [-0.4, -0.2) is 67.0 Å². The number of rotatable bonds is 4. The lowest BCUT2D eigenvalue weighted by Gasteiger charge is -2.38. The Bertz CT molecular complexity index is 961. The molecule has 1 N–H and O–H groups in total. The fourth-order valence-corrected chi connectivity index (χ4v) is 5.51. The molecule has 31 heavy (non-hydrogen) atoms. The number of aromatic nitrogens is 1. The average Bonchev–Trinajstić information content (AvgIpc) is 2.78. The molecule has 0 bridgehead atoms. The van der Waals surface area contributed by atoms with Crippen molar-refractivity contribution < 1.29 is 4.79 Å². The van der Waals surface area contributed by atoms with Gasteiger partial charge in [-0.05, 0) is 68.6 Å². The molecule has 0 saturated carbocycles. The number of fused-ring (bicyclic) bond motifs is 2. The van der Waals surface area contributed by atoms with Crippen LogP contribution >= 0.6 is 0 Å². The van der Waals surface area contributed by atoms with E-state index in [0.29, 0.717) is 18.6 Å². The van der Waals surface area contributed by atoms with E-state index in [-0.39, 0.29) is 5.91 Å². The first-order valence-corrected chi connectivity index (χ1v) is 11.6. The maximum absolute atomic E-state index is 12.7. The monoisotopic (exact) mass is 419 g/mol. The zero-order valence-corrected chi connectivity index (χ0v) is 18.7. The number of pyridine rings is 1.